The summed E-state index contributed by atoms with van der Waals surface area (Å²) in [5.41, 5.74) is 0. The molecule has 9 heteroatoms. The van der Waals surface area contributed by atoms with Crippen molar-refractivity contribution in [3.63, 3.8) is 0 Å². The smallest absolute Gasteiger partial charge is 0.406 e. The second-order valence-corrected chi connectivity index (χ2v) is 5.45. The van der Waals surface area contributed by atoms with Gasteiger partial charge in [-0.2, -0.15) is 13.2 Å². The van der Waals surface area contributed by atoms with E-state index in [0.29, 0.717) is 4.90 Å². The van der Waals surface area contributed by atoms with Crippen LogP contribution in [-0.2, 0) is 4.79 Å². The molecule has 1 aliphatic heterocycles. The van der Waals surface area contributed by atoms with Crippen LogP contribution in [0.5, 0.6) is 0 Å². The van der Waals surface area contributed by atoms with Gasteiger partial charge in [0, 0.05) is 12.3 Å². The molecule has 0 aromatic carbocycles. The zero-order valence-corrected chi connectivity index (χ0v) is 11.3. The van der Waals surface area contributed by atoms with Crippen molar-refractivity contribution in [1.29, 1.82) is 0 Å². The molecule has 1 fully saturated rings. The molecule has 0 aromatic rings. The van der Waals surface area contributed by atoms with Gasteiger partial charge in [0.15, 0.2) is 0 Å². The first-order valence-electron chi connectivity index (χ1n) is 5.65. The number of alkyl halides is 3. The molecule has 1 N–H and O–H groups in total. The Hall–Kier alpha value is -1.12. The van der Waals surface area contributed by atoms with Gasteiger partial charge >= 0.3 is 18.2 Å². The molecule has 19 heavy (non-hydrogen) atoms. The van der Waals surface area contributed by atoms with Crippen LogP contribution in [0.25, 0.3) is 0 Å². The maximum absolute atomic E-state index is 12.4. The average Bonchev–Trinajstić information content (AvgIpc) is 2.66. The Kier molecular flexibility index (Phi) is 4.94. The maximum Gasteiger partial charge on any atom is 0.406 e. The van der Waals surface area contributed by atoms with E-state index in [2.05, 4.69) is 0 Å². The van der Waals surface area contributed by atoms with Crippen molar-refractivity contribution in [3.8, 4) is 0 Å². The van der Waals surface area contributed by atoms with Gasteiger partial charge in [-0.05, 0) is 13.8 Å². The average molecular weight is 300 g/mol. The lowest BCUT2D eigenvalue weighted by atomic mass is 10.3. The van der Waals surface area contributed by atoms with Gasteiger partial charge < -0.3 is 10.0 Å². The fraction of sp³-hybridized carbons (Fsp3) is 0.800. The number of hydrogen-bond acceptors (Lipinski definition) is 3. The van der Waals surface area contributed by atoms with Crippen molar-refractivity contribution in [3.05, 3.63) is 0 Å². The summed E-state index contributed by atoms with van der Waals surface area (Å²) in [7, 11) is 0. The Labute approximate surface area is 112 Å². The Morgan fingerprint density at radius 2 is 2.05 bits per heavy atom. The summed E-state index contributed by atoms with van der Waals surface area (Å²) in [5, 5.41) is 8.54. The van der Waals surface area contributed by atoms with E-state index in [1.165, 1.54) is 18.7 Å². The minimum Gasteiger partial charge on any atom is -0.480 e. The van der Waals surface area contributed by atoms with Crippen LogP contribution in [0.1, 0.15) is 13.8 Å². The Balaban J connectivity index is 2.86. The van der Waals surface area contributed by atoms with Crippen LogP contribution in [0, 0.1) is 0 Å². The van der Waals surface area contributed by atoms with E-state index in [-0.39, 0.29) is 12.3 Å². The molecule has 0 aliphatic carbocycles. The third-order valence-corrected chi connectivity index (χ3v) is 3.97. The van der Waals surface area contributed by atoms with E-state index >= 15 is 0 Å². The summed E-state index contributed by atoms with van der Waals surface area (Å²) in [6.45, 7) is 1.53. The molecule has 2 unspecified atom stereocenters. The zero-order chi connectivity index (χ0) is 14.8. The quantitative estimate of drug-likeness (QED) is 0.864. The summed E-state index contributed by atoms with van der Waals surface area (Å²) in [6, 6.07) is -1.96. The SMILES string of the molecule is CCN(CC(F)(F)F)C(=O)N1C(C)SCC1C(=O)O. The number of urea groups is 1. The van der Waals surface area contributed by atoms with Gasteiger partial charge in [-0.1, -0.05) is 0 Å². The van der Waals surface area contributed by atoms with Crippen LogP contribution in [0.3, 0.4) is 0 Å². The summed E-state index contributed by atoms with van der Waals surface area (Å²) in [4.78, 5) is 24.7. The highest BCUT2D eigenvalue weighted by molar-refractivity contribution is 8.00. The lowest BCUT2D eigenvalue weighted by Crippen LogP contribution is -2.52. The fourth-order valence-corrected chi connectivity index (χ4v) is 2.98. The standard InChI is InChI=1S/C10H15F3N2O3S/c1-3-14(5-10(11,12)13)9(18)15-6(2)19-4-7(15)8(16)17/h6-7H,3-5H2,1-2H3,(H,16,17). The Morgan fingerprint density at radius 3 is 2.47 bits per heavy atom. The van der Waals surface area contributed by atoms with Gasteiger partial charge in [0.05, 0.1) is 5.37 Å². The number of rotatable bonds is 3. The summed E-state index contributed by atoms with van der Waals surface area (Å²) >= 11 is 1.23. The first-order valence-corrected chi connectivity index (χ1v) is 6.70. The fourth-order valence-electron chi connectivity index (χ4n) is 1.82. The molecule has 0 aromatic heterocycles. The number of carboxylic acids is 1. The minimum atomic E-state index is -4.50. The lowest BCUT2D eigenvalue weighted by Gasteiger charge is -2.32. The van der Waals surface area contributed by atoms with Crippen molar-refractivity contribution in [2.45, 2.75) is 31.4 Å². The van der Waals surface area contributed by atoms with Gasteiger partial charge in [0.25, 0.3) is 0 Å². The van der Waals surface area contributed by atoms with Crippen LogP contribution >= 0.6 is 11.8 Å². The maximum atomic E-state index is 12.4. The molecule has 1 heterocycles. The van der Waals surface area contributed by atoms with Crippen LogP contribution in [-0.4, -0.2) is 63.3 Å². The van der Waals surface area contributed by atoms with Crippen LogP contribution in [0.4, 0.5) is 18.0 Å². The third-order valence-electron chi connectivity index (χ3n) is 2.75. The third kappa shape index (κ3) is 3.92. The predicted octanol–water partition coefficient (Wildman–Crippen LogP) is 1.84. The van der Waals surface area contributed by atoms with Gasteiger partial charge in [-0.15, -0.1) is 11.8 Å². The topological polar surface area (TPSA) is 60.9 Å². The van der Waals surface area contributed by atoms with Crippen LogP contribution < -0.4 is 0 Å². The number of hydrogen-bond donors (Lipinski definition) is 1. The van der Waals surface area contributed by atoms with E-state index in [9.17, 15) is 22.8 Å². The Bertz CT molecular complexity index is 364. The predicted molar refractivity (Wildman–Crippen MR) is 63.9 cm³/mol. The van der Waals surface area contributed by atoms with Crippen molar-refractivity contribution >= 4 is 23.8 Å². The molecule has 0 saturated carbocycles. The van der Waals surface area contributed by atoms with E-state index in [4.69, 9.17) is 5.11 Å². The lowest BCUT2D eigenvalue weighted by molar-refractivity contribution is -0.144. The number of carbonyl (C=O) groups excluding carboxylic acids is 1. The number of carbonyl (C=O) groups is 2. The molecule has 0 radical (unpaired) electrons. The van der Waals surface area contributed by atoms with Crippen molar-refractivity contribution in [2.24, 2.45) is 0 Å². The summed E-state index contributed by atoms with van der Waals surface area (Å²) in [6.07, 6.45) is -4.50. The highest BCUT2D eigenvalue weighted by Gasteiger charge is 2.43. The molecule has 1 aliphatic rings. The van der Waals surface area contributed by atoms with Crippen molar-refractivity contribution < 1.29 is 27.9 Å². The number of aliphatic carboxylic acids is 1. The second-order valence-electron chi connectivity index (χ2n) is 4.11. The van der Waals surface area contributed by atoms with Crippen LogP contribution in [0.15, 0.2) is 0 Å². The monoisotopic (exact) mass is 300 g/mol. The van der Waals surface area contributed by atoms with E-state index in [1.54, 1.807) is 6.92 Å². The molecule has 5 nitrogen and oxygen atoms in total. The summed E-state index contributed by atoms with van der Waals surface area (Å²) < 4.78 is 37.1. The molecule has 110 valence electrons. The number of halogens is 3. The van der Waals surface area contributed by atoms with E-state index in [1.807, 2.05) is 0 Å². The number of nitrogens with zero attached hydrogens (tertiary/aromatic N) is 2. The molecule has 2 amide bonds. The highest BCUT2D eigenvalue weighted by atomic mass is 32.2. The van der Waals surface area contributed by atoms with Gasteiger partial charge in [0.2, 0.25) is 0 Å². The van der Waals surface area contributed by atoms with Gasteiger partial charge in [0.1, 0.15) is 12.6 Å². The molecule has 2 atom stereocenters. The van der Waals surface area contributed by atoms with E-state index < -0.39 is 36.1 Å². The number of carboxylic acid groups (broad SMARTS) is 1. The van der Waals surface area contributed by atoms with Crippen molar-refractivity contribution in [1.82, 2.24) is 9.80 Å². The van der Waals surface area contributed by atoms with E-state index in [0.717, 1.165) is 4.90 Å². The molecular formula is C10H15F3N2O3S. The van der Waals surface area contributed by atoms with Gasteiger partial charge in [-0.25, -0.2) is 9.59 Å². The first-order chi connectivity index (χ1) is 8.67. The van der Waals surface area contributed by atoms with Crippen LogP contribution in [0.2, 0.25) is 0 Å². The summed E-state index contributed by atoms with van der Waals surface area (Å²) in [5.74, 6) is -1.01. The molecular weight excluding hydrogens is 285 g/mol. The largest absolute Gasteiger partial charge is 0.480 e. The van der Waals surface area contributed by atoms with Gasteiger partial charge in [-0.3, -0.25) is 4.90 Å². The molecule has 1 rings (SSSR count). The molecule has 1 saturated heterocycles. The second kappa shape index (κ2) is 5.89. The molecule has 0 spiro atoms. The highest BCUT2D eigenvalue weighted by Crippen LogP contribution is 2.30. The first kappa shape index (κ1) is 15.9. The van der Waals surface area contributed by atoms with Crippen molar-refractivity contribution in [2.75, 3.05) is 18.8 Å². The number of thioether (sulfide) groups is 1. The number of amides is 2. The Morgan fingerprint density at radius 1 is 1.47 bits per heavy atom. The zero-order valence-electron chi connectivity index (χ0n) is 10.5. The minimum absolute atomic E-state index is 0.126. The normalized spacial score (nSPS) is 23.5. The molecule has 0 bridgehead atoms.